The molecule has 1 atom stereocenters. The molecule has 3 nitrogen and oxygen atoms in total. The van der Waals surface area contributed by atoms with E-state index in [4.69, 9.17) is 16.3 Å². The van der Waals surface area contributed by atoms with E-state index in [2.05, 4.69) is 28.7 Å². The molecular weight excluding hydrogens is 256 g/mol. The Balaban J connectivity index is 2.30. The molecule has 0 fully saturated rings. The Morgan fingerprint density at radius 2 is 2.12 bits per heavy atom. The van der Waals surface area contributed by atoms with Gasteiger partial charge in [0.05, 0.1) is 11.7 Å². The zero-order chi connectivity index (χ0) is 12.3. The van der Waals surface area contributed by atoms with E-state index in [9.17, 15) is 0 Å². The topological polar surface area (TPSA) is 35.0 Å². The molecule has 0 aliphatic carbocycles. The second-order valence-corrected chi connectivity index (χ2v) is 4.70. The monoisotopic (exact) mass is 268 g/mol. The van der Waals surface area contributed by atoms with Crippen molar-refractivity contribution in [1.29, 1.82) is 0 Å². The number of aromatic nitrogens is 2. The van der Waals surface area contributed by atoms with Crippen LogP contribution in [0.3, 0.4) is 0 Å². The Bertz CT molecular complexity index is 501. The molecule has 90 valence electrons. The van der Waals surface area contributed by atoms with Gasteiger partial charge in [0.15, 0.2) is 0 Å². The third-order valence-electron chi connectivity index (χ3n) is 2.69. The molecular formula is C12H13ClN2OS. The lowest BCUT2D eigenvalue weighted by molar-refractivity contribution is 0.457. The molecule has 0 aliphatic heterocycles. The summed E-state index contributed by atoms with van der Waals surface area (Å²) in [5.41, 5.74) is 1.17. The quantitative estimate of drug-likeness (QED) is 0.819. The van der Waals surface area contributed by atoms with Crippen LogP contribution in [0.5, 0.6) is 11.6 Å². The average Bonchev–Trinajstić information content (AvgIpc) is 2.75. The van der Waals surface area contributed by atoms with Gasteiger partial charge in [-0.05, 0) is 24.0 Å². The highest BCUT2D eigenvalue weighted by Gasteiger charge is 2.13. The predicted octanol–water partition coefficient (Wildman–Crippen LogP) is 4.50. The fraction of sp³-hybridized carbons (Fsp3) is 0.333. The molecule has 1 heterocycles. The van der Waals surface area contributed by atoms with E-state index in [1.54, 1.807) is 0 Å². The third kappa shape index (κ3) is 2.76. The first-order valence-corrected chi connectivity index (χ1v) is 6.58. The van der Waals surface area contributed by atoms with E-state index in [1.165, 1.54) is 5.56 Å². The Labute approximate surface area is 110 Å². The molecule has 0 radical (unpaired) electrons. The summed E-state index contributed by atoms with van der Waals surface area (Å²) >= 11 is 6.92. The lowest BCUT2D eigenvalue weighted by Gasteiger charge is -2.13. The van der Waals surface area contributed by atoms with E-state index >= 15 is 0 Å². The van der Waals surface area contributed by atoms with Gasteiger partial charge in [-0.3, -0.25) is 0 Å². The summed E-state index contributed by atoms with van der Waals surface area (Å²) in [5.74, 6) is 1.63. The van der Waals surface area contributed by atoms with Crippen molar-refractivity contribution >= 4 is 23.3 Å². The number of hydrogen-bond donors (Lipinski definition) is 0. The van der Waals surface area contributed by atoms with Crippen LogP contribution in [0.25, 0.3) is 0 Å². The molecule has 1 aromatic carbocycles. The van der Waals surface area contributed by atoms with Gasteiger partial charge < -0.3 is 4.74 Å². The largest absolute Gasteiger partial charge is 0.435 e. The maximum Gasteiger partial charge on any atom is 0.270 e. The van der Waals surface area contributed by atoms with Crippen molar-refractivity contribution in [2.75, 3.05) is 0 Å². The second kappa shape index (κ2) is 5.47. The van der Waals surface area contributed by atoms with Crippen LogP contribution in [-0.2, 0) is 0 Å². The number of ether oxygens (including phenoxy) is 1. The minimum absolute atomic E-state index is 0.314. The summed E-state index contributed by atoms with van der Waals surface area (Å²) in [6.45, 7) is 4.32. The highest BCUT2D eigenvalue weighted by atomic mass is 35.5. The predicted molar refractivity (Wildman–Crippen MR) is 70.1 cm³/mol. The van der Waals surface area contributed by atoms with Crippen molar-refractivity contribution in [3.05, 3.63) is 35.0 Å². The first-order valence-electron chi connectivity index (χ1n) is 5.47. The van der Waals surface area contributed by atoms with E-state index < -0.39 is 0 Å². The Kier molecular flexibility index (Phi) is 3.97. The van der Waals surface area contributed by atoms with E-state index in [0.29, 0.717) is 17.0 Å². The average molecular weight is 269 g/mol. The normalized spacial score (nSPS) is 12.4. The van der Waals surface area contributed by atoms with Crippen LogP contribution >= 0.6 is 23.3 Å². The molecule has 5 heteroatoms. The van der Waals surface area contributed by atoms with Gasteiger partial charge in [-0.2, -0.15) is 4.37 Å². The Morgan fingerprint density at radius 3 is 2.76 bits per heavy atom. The van der Waals surface area contributed by atoms with Gasteiger partial charge in [-0.1, -0.05) is 43.6 Å². The fourth-order valence-electron chi connectivity index (χ4n) is 1.54. The van der Waals surface area contributed by atoms with Crippen molar-refractivity contribution in [3.8, 4) is 11.6 Å². The van der Waals surface area contributed by atoms with Gasteiger partial charge in [-0.25, -0.2) is 0 Å². The van der Waals surface area contributed by atoms with Gasteiger partial charge in [0.2, 0.25) is 5.15 Å². The van der Waals surface area contributed by atoms with Crippen LogP contribution < -0.4 is 4.74 Å². The van der Waals surface area contributed by atoms with Crippen molar-refractivity contribution < 1.29 is 4.74 Å². The SMILES string of the molecule is CCC(C)c1ccccc1Oc1nsnc1Cl. The van der Waals surface area contributed by atoms with Crippen molar-refractivity contribution in [3.63, 3.8) is 0 Å². The zero-order valence-corrected chi connectivity index (χ0v) is 11.3. The van der Waals surface area contributed by atoms with Crippen LogP contribution in [0.1, 0.15) is 31.7 Å². The molecule has 1 aromatic heterocycles. The lowest BCUT2D eigenvalue weighted by atomic mass is 9.98. The van der Waals surface area contributed by atoms with Crippen LogP contribution in [0, 0.1) is 0 Å². The molecule has 0 saturated heterocycles. The first kappa shape index (κ1) is 12.3. The number of benzene rings is 1. The molecule has 1 unspecified atom stereocenters. The van der Waals surface area contributed by atoms with Crippen LogP contribution in [-0.4, -0.2) is 8.75 Å². The van der Waals surface area contributed by atoms with Gasteiger partial charge >= 0.3 is 0 Å². The molecule has 17 heavy (non-hydrogen) atoms. The summed E-state index contributed by atoms with van der Waals surface area (Å²) < 4.78 is 13.6. The zero-order valence-electron chi connectivity index (χ0n) is 9.68. The molecule has 0 saturated carbocycles. The van der Waals surface area contributed by atoms with E-state index in [-0.39, 0.29) is 0 Å². The van der Waals surface area contributed by atoms with E-state index in [0.717, 1.165) is 23.9 Å². The van der Waals surface area contributed by atoms with Crippen LogP contribution in [0.15, 0.2) is 24.3 Å². The molecule has 0 amide bonds. The number of hydrogen-bond acceptors (Lipinski definition) is 4. The molecule has 2 rings (SSSR count). The lowest BCUT2D eigenvalue weighted by Crippen LogP contribution is -1.96. The highest BCUT2D eigenvalue weighted by molar-refractivity contribution is 6.99. The summed E-state index contributed by atoms with van der Waals surface area (Å²) in [7, 11) is 0. The van der Waals surface area contributed by atoms with Crippen molar-refractivity contribution in [1.82, 2.24) is 8.75 Å². The smallest absolute Gasteiger partial charge is 0.270 e. The minimum Gasteiger partial charge on any atom is -0.435 e. The maximum atomic E-state index is 5.87. The fourth-order valence-corrected chi connectivity index (χ4v) is 2.15. The molecule has 0 spiro atoms. The molecule has 0 aliphatic rings. The molecule has 2 aromatic rings. The van der Waals surface area contributed by atoms with Gasteiger partial charge in [0.25, 0.3) is 5.88 Å². The van der Waals surface area contributed by atoms with Crippen LogP contribution in [0.2, 0.25) is 5.15 Å². The van der Waals surface area contributed by atoms with Gasteiger partial charge in [0, 0.05) is 0 Å². The summed E-state index contributed by atoms with van der Waals surface area (Å²) in [6.07, 6.45) is 1.06. The minimum atomic E-state index is 0.314. The number of nitrogens with zero attached hydrogens (tertiary/aromatic N) is 2. The van der Waals surface area contributed by atoms with Crippen molar-refractivity contribution in [2.45, 2.75) is 26.2 Å². The van der Waals surface area contributed by atoms with Gasteiger partial charge in [0.1, 0.15) is 5.75 Å². The van der Waals surface area contributed by atoms with Crippen LogP contribution in [0.4, 0.5) is 0 Å². The first-order chi connectivity index (χ1) is 8.22. The third-order valence-corrected chi connectivity index (χ3v) is 3.55. The maximum absolute atomic E-state index is 5.87. The molecule has 0 bridgehead atoms. The Hall–Kier alpha value is -1.13. The number of halogens is 1. The number of rotatable bonds is 4. The number of para-hydroxylation sites is 1. The van der Waals surface area contributed by atoms with Gasteiger partial charge in [-0.15, -0.1) is 4.37 Å². The Morgan fingerprint density at radius 1 is 1.35 bits per heavy atom. The molecule has 0 N–H and O–H groups in total. The standard InChI is InChI=1S/C12H13ClN2OS/c1-3-8(2)9-6-4-5-7-10(9)16-12-11(13)14-17-15-12/h4-8H,3H2,1-2H3. The highest BCUT2D eigenvalue weighted by Crippen LogP contribution is 2.33. The second-order valence-electron chi connectivity index (χ2n) is 3.81. The van der Waals surface area contributed by atoms with E-state index in [1.807, 2.05) is 18.2 Å². The van der Waals surface area contributed by atoms with Crippen molar-refractivity contribution in [2.24, 2.45) is 0 Å². The summed E-state index contributed by atoms with van der Waals surface area (Å²) in [4.78, 5) is 0. The summed E-state index contributed by atoms with van der Waals surface area (Å²) in [5, 5.41) is 0.314. The summed E-state index contributed by atoms with van der Waals surface area (Å²) in [6, 6.07) is 7.94.